The van der Waals surface area contributed by atoms with Gasteiger partial charge in [-0.25, -0.2) is 8.42 Å². The quantitative estimate of drug-likeness (QED) is 0.553. The molecule has 0 fully saturated rings. The number of nitrogens with one attached hydrogen (secondary N) is 1. The lowest BCUT2D eigenvalue weighted by atomic mass is 10.1. The van der Waals surface area contributed by atoms with Crippen molar-refractivity contribution in [2.24, 2.45) is 0 Å². The van der Waals surface area contributed by atoms with Gasteiger partial charge >= 0.3 is 0 Å². The monoisotopic (exact) mass is 461 g/mol. The number of fused-ring (bicyclic) bond motifs is 1. The van der Waals surface area contributed by atoms with E-state index in [1.165, 1.54) is 33.3 Å². The average Bonchev–Trinajstić information content (AvgIpc) is 2.61. The number of aromatic amines is 1. The zero-order valence-corrected chi connectivity index (χ0v) is 12.8. The zero-order chi connectivity index (χ0) is 11.9. The van der Waals surface area contributed by atoms with E-state index in [1.54, 1.807) is 34.9 Å². The lowest BCUT2D eigenvalue weighted by Crippen LogP contribution is -1.95. The fourth-order valence-electron chi connectivity index (χ4n) is 1.44. The minimum atomic E-state index is -3.33. The van der Waals surface area contributed by atoms with Crippen molar-refractivity contribution < 1.29 is 13.2 Å². The highest BCUT2D eigenvalue weighted by atomic mass is 127. The van der Waals surface area contributed by atoms with Gasteiger partial charge in [-0.15, -0.1) is 0 Å². The maximum atomic E-state index is 11.4. The van der Waals surface area contributed by atoms with Gasteiger partial charge in [0.1, 0.15) is 0 Å². The van der Waals surface area contributed by atoms with Crippen molar-refractivity contribution in [2.45, 2.75) is 4.90 Å². The number of carbonyl (C=O) groups excluding carboxylic acids is 1. The van der Waals surface area contributed by atoms with Crippen molar-refractivity contribution >= 4 is 65.5 Å². The first-order valence-corrected chi connectivity index (χ1v) is 9.25. The highest BCUT2D eigenvalue weighted by Crippen LogP contribution is 2.27. The van der Waals surface area contributed by atoms with Crippen molar-refractivity contribution in [1.82, 2.24) is 4.98 Å². The molecule has 4 nitrogen and oxygen atoms in total. The molecule has 16 heavy (non-hydrogen) atoms. The minimum Gasteiger partial charge on any atom is -0.361 e. The molecule has 2 rings (SSSR count). The van der Waals surface area contributed by atoms with E-state index in [-0.39, 0.29) is 8.69 Å². The maximum absolute atomic E-state index is 11.4. The average molecular weight is 461 g/mol. The molecule has 0 saturated carbocycles. The number of carbonyl (C=O) groups is 1. The Bertz CT molecular complexity index is 675. The van der Waals surface area contributed by atoms with Crippen LogP contribution in [0.3, 0.4) is 0 Å². The summed E-state index contributed by atoms with van der Waals surface area (Å²) in [6.07, 6.45) is 1.68. The van der Waals surface area contributed by atoms with Gasteiger partial charge in [-0.2, -0.15) is 0 Å². The van der Waals surface area contributed by atoms with Gasteiger partial charge < -0.3 is 4.98 Å². The lowest BCUT2D eigenvalue weighted by molar-refractivity contribution is 0.110. The number of hydrogen-bond donors (Lipinski definition) is 1. The van der Waals surface area contributed by atoms with Gasteiger partial charge in [0.15, 0.2) is 0 Å². The standard InChI is InChI=1S/C9H5I2NO3S/c10-9(13)7-3-5(16(11,14)15)4-8-6(7)1-2-12-8/h1-4,12H. The first-order valence-electron chi connectivity index (χ1n) is 4.15. The van der Waals surface area contributed by atoms with Gasteiger partial charge in [0.25, 0.3) is 0 Å². The SMILES string of the molecule is O=C(I)c1cc(S(=O)(=O)I)cc2[nH]ccc12. The second-order valence-electron chi connectivity index (χ2n) is 3.12. The fraction of sp³-hybridized carbons (Fsp3) is 0. The van der Waals surface area contributed by atoms with Crippen LogP contribution in [0.5, 0.6) is 0 Å². The number of H-pyrrole nitrogens is 1. The van der Waals surface area contributed by atoms with E-state index in [1.807, 2.05) is 0 Å². The number of benzene rings is 1. The predicted octanol–water partition coefficient (Wildman–Crippen LogP) is 2.87. The number of halogens is 2. The van der Waals surface area contributed by atoms with Gasteiger partial charge in [-0.3, -0.25) is 4.79 Å². The van der Waals surface area contributed by atoms with Gasteiger partial charge in [-0.05, 0) is 18.2 Å². The van der Waals surface area contributed by atoms with Crippen molar-refractivity contribution in [3.8, 4) is 0 Å². The Morgan fingerprint density at radius 2 is 2.00 bits per heavy atom. The van der Waals surface area contributed by atoms with E-state index in [9.17, 15) is 13.2 Å². The molecule has 7 heteroatoms. The van der Waals surface area contributed by atoms with E-state index >= 15 is 0 Å². The summed E-state index contributed by atoms with van der Waals surface area (Å²) in [6, 6.07) is 4.69. The van der Waals surface area contributed by atoms with Crippen LogP contribution in [0.4, 0.5) is 0 Å². The largest absolute Gasteiger partial charge is 0.361 e. The molecule has 0 aliphatic carbocycles. The van der Waals surface area contributed by atoms with Gasteiger partial charge in [-0.1, -0.05) is 0 Å². The van der Waals surface area contributed by atoms with Crippen LogP contribution in [-0.2, 0) is 7.01 Å². The van der Waals surface area contributed by atoms with Crippen LogP contribution in [0, 0.1) is 0 Å². The second-order valence-corrected chi connectivity index (χ2v) is 8.93. The molecule has 0 aliphatic heterocycles. The van der Waals surface area contributed by atoms with Gasteiger partial charge in [0.05, 0.1) is 26.1 Å². The summed E-state index contributed by atoms with van der Waals surface area (Å²) in [5.74, 6) is 0. The molecule has 0 radical (unpaired) electrons. The molecule has 1 N–H and O–H groups in total. The summed E-state index contributed by atoms with van der Waals surface area (Å²) >= 11 is 3.01. The molecular weight excluding hydrogens is 456 g/mol. The van der Waals surface area contributed by atoms with E-state index < -0.39 is 7.01 Å². The Balaban J connectivity index is 2.87. The van der Waals surface area contributed by atoms with E-state index in [0.717, 1.165) is 5.39 Å². The zero-order valence-electron chi connectivity index (χ0n) is 7.70. The molecule has 0 saturated heterocycles. The summed E-state index contributed by atoms with van der Waals surface area (Å²) in [4.78, 5) is 14.5. The molecule has 0 atom stereocenters. The molecule has 0 amide bonds. The van der Waals surface area contributed by atoms with Crippen LogP contribution < -0.4 is 0 Å². The molecule has 0 unspecified atom stereocenters. The van der Waals surface area contributed by atoms with Crippen LogP contribution in [0.2, 0.25) is 0 Å². The third-order valence-electron chi connectivity index (χ3n) is 2.14. The summed E-state index contributed by atoms with van der Waals surface area (Å²) in [5, 5.41) is 0.739. The van der Waals surface area contributed by atoms with Crippen LogP contribution in [0.25, 0.3) is 10.9 Å². The van der Waals surface area contributed by atoms with Gasteiger partial charge in [0, 0.05) is 45.3 Å². The Kier molecular flexibility index (Phi) is 3.27. The third-order valence-corrected chi connectivity index (χ3v) is 5.04. The summed E-state index contributed by atoms with van der Waals surface area (Å²) in [7, 11) is -3.33. The molecule has 0 bridgehead atoms. The first kappa shape index (κ1) is 12.3. The molecule has 2 aromatic rings. The van der Waals surface area contributed by atoms with E-state index in [2.05, 4.69) is 4.98 Å². The van der Waals surface area contributed by atoms with Crippen molar-refractivity contribution in [2.75, 3.05) is 0 Å². The summed E-state index contributed by atoms with van der Waals surface area (Å²) in [5.41, 5.74) is 1.06. The smallest absolute Gasteiger partial charge is 0.231 e. The number of aromatic nitrogens is 1. The van der Waals surface area contributed by atoms with Crippen molar-refractivity contribution in [3.05, 3.63) is 30.0 Å². The fourth-order valence-corrected chi connectivity index (χ4v) is 3.17. The Morgan fingerprint density at radius 1 is 1.31 bits per heavy atom. The molecular formula is C9H5I2NO3S. The normalized spacial score (nSPS) is 11.9. The van der Waals surface area contributed by atoms with Gasteiger partial charge in [0.2, 0.25) is 10.8 Å². The lowest BCUT2D eigenvalue weighted by Gasteiger charge is -2.01. The third kappa shape index (κ3) is 2.25. The Morgan fingerprint density at radius 3 is 2.56 bits per heavy atom. The van der Waals surface area contributed by atoms with Crippen LogP contribution in [-0.4, -0.2) is 17.2 Å². The molecule has 84 valence electrons. The van der Waals surface area contributed by atoms with Crippen LogP contribution in [0.15, 0.2) is 29.3 Å². The summed E-state index contributed by atoms with van der Waals surface area (Å²) in [6.45, 7) is 0. The Hall–Kier alpha value is -0.160. The maximum Gasteiger partial charge on any atom is 0.231 e. The Labute approximate surface area is 117 Å². The molecule has 1 heterocycles. The van der Waals surface area contributed by atoms with Crippen LogP contribution >= 0.6 is 43.8 Å². The van der Waals surface area contributed by atoms with E-state index in [4.69, 9.17) is 0 Å². The molecule has 0 spiro atoms. The molecule has 0 aliphatic rings. The second kappa shape index (κ2) is 4.26. The van der Waals surface area contributed by atoms with Crippen LogP contribution in [0.1, 0.15) is 10.4 Å². The molecule has 1 aromatic heterocycles. The topological polar surface area (TPSA) is 67.0 Å². The molecule has 1 aromatic carbocycles. The minimum absolute atomic E-state index is 0.142. The number of hydrogen-bond acceptors (Lipinski definition) is 3. The summed E-state index contributed by atoms with van der Waals surface area (Å²) < 4.78 is 22.7. The highest BCUT2D eigenvalue weighted by molar-refractivity contribution is 14.2. The van der Waals surface area contributed by atoms with E-state index in [0.29, 0.717) is 11.1 Å². The van der Waals surface area contributed by atoms with Crippen molar-refractivity contribution in [1.29, 1.82) is 0 Å². The van der Waals surface area contributed by atoms with Crippen molar-refractivity contribution in [3.63, 3.8) is 0 Å². The number of rotatable bonds is 2. The highest BCUT2D eigenvalue weighted by Gasteiger charge is 2.16. The first-order chi connectivity index (χ1) is 7.39. The predicted molar refractivity (Wildman–Crippen MR) is 77.9 cm³/mol.